The van der Waals surface area contributed by atoms with E-state index in [4.69, 9.17) is 29.1 Å². The summed E-state index contributed by atoms with van der Waals surface area (Å²) in [5, 5.41) is 13.0. The summed E-state index contributed by atoms with van der Waals surface area (Å²) in [7, 11) is 1.79. The molecule has 1 aromatic rings. The number of hydrogen-bond acceptors (Lipinski definition) is 2. The molecule has 1 aromatic carbocycles. The molecular weight excluding hydrogens is 254 g/mol. The molecule has 0 bridgehead atoms. The Hall–Kier alpha value is -1.31. The SMILES string of the molecule is CN(CC#N)C(=S)NCCc1ccc(Cl)cc1. The smallest absolute Gasteiger partial charge is 0.169 e. The fourth-order valence-corrected chi connectivity index (χ4v) is 1.57. The van der Waals surface area contributed by atoms with E-state index < -0.39 is 0 Å². The lowest BCUT2D eigenvalue weighted by molar-refractivity contribution is 0.553. The van der Waals surface area contributed by atoms with Gasteiger partial charge in [0.1, 0.15) is 6.54 Å². The topological polar surface area (TPSA) is 39.1 Å². The molecule has 3 nitrogen and oxygen atoms in total. The minimum Gasteiger partial charge on any atom is -0.362 e. The fourth-order valence-electron chi connectivity index (χ4n) is 1.28. The summed E-state index contributed by atoms with van der Waals surface area (Å²) >= 11 is 10.9. The van der Waals surface area contributed by atoms with Crippen molar-refractivity contribution in [3.63, 3.8) is 0 Å². The monoisotopic (exact) mass is 267 g/mol. The van der Waals surface area contributed by atoms with Crippen molar-refractivity contribution in [3.05, 3.63) is 34.9 Å². The summed E-state index contributed by atoms with van der Waals surface area (Å²) in [6.07, 6.45) is 0.873. The van der Waals surface area contributed by atoms with Crippen molar-refractivity contribution in [1.82, 2.24) is 10.2 Å². The molecule has 0 atom stereocenters. The van der Waals surface area contributed by atoms with Crippen LogP contribution in [0.4, 0.5) is 0 Å². The van der Waals surface area contributed by atoms with Gasteiger partial charge in [-0.1, -0.05) is 23.7 Å². The largest absolute Gasteiger partial charge is 0.362 e. The van der Waals surface area contributed by atoms with E-state index in [9.17, 15) is 0 Å². The quantitative estimate of drug-likeness (QED) is 0.671. The van der Waals surface area contributed by atoms with Gasteiger partial charge in [0, 0.05) is 18.6 Å². The summed E-state index contributed by atoms with van der Waals surface area (Å²) in [5.74, 6) is 0. The first kappa shape index (κ1) is 13.8. The lowest BCUT2D eigenvalue weighted by Crippen LogP contribution is -2.38. The highest BCUT2D eigenvalue weighted by Gasteiger charge is 2.02. The number of hydrogen-bond donors (Lipinski definition) is 1. The lowest BCUT2D eigenvalue weighted by atomic mass is 10.1. The van der Waals surface area contributed by atoms with Crippen LogP contribution >= 0.6 is 23.8 Å². The van der Waals surface area contributed by atoms with Crippen molar-refractivity contribution in [1.29, 1.82) is 5.26 Å². The molecule has 0 aliphatic heterocycles. The molecule has 5 heteroatoms. The van der Waals surface area contributed by atoms with Crippen LogP contribution in [0.25, 0.3) is 0 Å². The second kappa shape index (κ2) is 7.10. The lowest BCUT2D eigenvalue weighted by Gasteiger charge is -2.17. The zero-order valence-corrected chi connectivity index (χ0v) is 11.2. The van der Waals surface area contributed by atoms with Gasteiger partial charge in [0.25, 0.3) is 0 Å². The highest BCUT2D eigenvalue weighted by Crippen LogP contribution is 2.09. The van der Waals surface area contributed by atoms with E-state index in [1.54, 1.807) is 11.9 Å². The van der Waals surface area contributed by atoms with Gasteiger partial charge in [-0.25, -0.2) is 0 Å². The summed E-state index contributed by atoms with van der Waals surface area (Å²) in [5.41, 5.74) is 1.20. The Bertz CT molecular complexity index is 411. The van der Waals surface area contributed by atoms with Crippen LogP contribution in [0.1, 0.15) is 5.56 Å². The average Bonchev–Trinajstić information content (AvgIpc) is 2.32. The molecule has 0 saturated heterocycles. The summed E-state index contributed by atoms with van der Waals surface area (Å²) in [6, 6.07) is 9.77. The van der Waals surface area contributed by atoms with Crippen LogP contribution in [-0.2, 0) is 6.42 Å². The van der Waals surface area contributed by atoms with Gasteiger partial charge in [-0.15, -0.1) is 0 Å². The molecule has 0 heterocycles. The molecule has 0 spiro atoms. The van der Waals surface area contributed by atoms with Crippen LogP contribution in [0.3, 0.4) is 0 Å². The first-order chi connectivity index (χ1) is 8.13. The molecule has 17 heavy (non-hydrogen) atoms. The number of nitrogens with zero attached hydrogens (tertiary/aromatic N) is 2. The standard InChI is InChI=1S/C12H14ClN3S/c1-16(9-7-14)12(17)15-8-6-10-2-4-11(13)5-3-10/h2-5H,6,8-9H2,1H3,(H,15,17). The van der Waals surface area contributed by atoms with Gasteiger partial charge in [0.2, 0.25) is 0 Å². The Morgan fingerprint density at radius 3 is 2.71 bits per heavy atom. The van der Waals surface area contributed by atoms with E-state index in [1.165, 1.54) is 5.56 Å². The molecule has 0 aromatic heterocycles. The van der Waals surface area contributed by atoms with Crippen molar-refractivity contribution < 1.29 is 0 Å². The molecule has 0 saturated carbocycles. The Balaban J connectivity index is 2.31. The first-order valence-corrected chi connectivity index (χ1v) is 6.02. The number of rotatable bonds is 4. The number of benzene rings is 1. The number of nitrogens with one attached hydrogen (secondary N) is 1. The minimum atomic E-state index is 0.298. The molecule has 90 valence electrons. The van der Waals surface area contributed by atoms with Gasteiger partial charge >= 0.3 is 0 Å². The zero-order chi connectivity index (χ0) is 12.7. The van der Waals surface area contributed by atoms with E-state index >= 15 is 0 Å². The Labute approximate surface area is 112 Å². The van der Waals surface area contributed by atoms with Crippen molar-refractivity contribution in [2.24, 2.45) is 0 Å². The first-order valence-electron chi connectivity index (χ1n) is 5.24. The predicted molar refractivity (Wildman–Crippen MR) is 74.0 cm³/mol. The highest BCUT2D eigenvalue weighted by molar-refractivity contribution is 7.80. The molecule has 0 unspecified atom stereocenters. The van der Waals surface area contributed by atoms with Crippen molar-refractivity contribution in [2.45, 2.75) is 6.42 Å². The summed E-state index contributed by atoms with van der Waals surface area (Å²) in [4.78, 5) is 1.71. The van der Waals surface area contributed by atoms with E-state index in [0.29, 0.717) is 11.7 Å². The molecule has 0 aliphatic rings. The second-order valence-corrected chi connectivity index (χ2v) is 4.45. The van der Waals surface area contributed by atoms with E-state index in [2.05, 4.69) is 5.32 Å². The third-order valence-corrected chi connectivity index (χ3v) is 2.97. The zero-order valence-electron chi connectivity index (χ0n) is 9.61. The van der Waals surface area contributed by atoms with Gasteiger partial charge in [0.15, 0.2) is 5.11 Å². The van der Waals surface area contributed by atoms with Gasteiger partial charge < -0.3 is 10.2 Å². The Kier molecular flexibility index (Phi) is 5.75. The summed E-state index contributed by atoms with van der Waals surface area (Å²) < 4.78 is 0. The maximum absolute atomic E-state index is 8.52. The maximum atomic E-state index is 8.52. The molecule has 0 fully saturated rings. The predicted octanol–water partition coefficient (Wildman–Crippen LogP) is 2.21. The van der Waals surface area contributed by atoms with E-state index in [1.807, 2.05) is 30.3 Å². The number of thiocarbonyl (C=S) groups is 1. The van der Waals surface area contributed by atoms with Crippen LogP contribution in [0.5, 0.6) is 0 Å². The summed E-state index contributed by atoms with van der Waals surface area (Å²) in [6.45, 7) is 1.04. The fraction of sp³-hybridized carbons (Fsp3) is 0.333. The second-order valence-electron chi connectivity index (χ2n) is 3.62. The third kappa shape index (κ3) is 5.03. The van der Waals surface area contributed by atoms with Gasteiger partial charge in [-0.05, 0) is 36.3 Å². The molecule has 0 amide bonds. The van der Waals surface area contributed by atoms with Gasteiger partial charge in [0.05, 0.1) is 6.07 Å². The molecule has 0 radical (unpaired) electrons. The van der Waals surface area contributed by atoms with Crippen LogP contribution in [-0.4, -0.2) is 30.1 Å². The van der Waals surface area contributed by atoms with Crippen molar-refractivity contribution >= 4 is 28.9 Å². The highest BCUT2D eigenvalue weighted by atomic mass is 35.5. The normalized spacial score (nSPS) is 9.47. The van der Waals surface area contributed by atoms with Crippen LogP contribution < -0.4 is 5.32 Å². The average molecular weight is 268 g/mol. The van der Waals surface area contributed by atoms with Crippen LogP contribution in [0, 0.1) is 11.3 Å². The van der Waals surface area contributed by atoms with Gasteiger partial charge in [-0.2, -0.15) is 5.26 Å². The molecule has 1 rings (SSSR count). The van der Waals surface area contributed by atoms with E-state index in [-0.39, 0.29) is 0 Å². The molecule has 0 aliphatic carbocycles. The minimum absolute atomic E-state index is 0.298. The Morgan fingerprint density at radius 2 is 2.12 bits per heavy atom. The van der Waals surface area contributed by atoms with Crippen molar-refractivity contribution in [3.8, 4) is 6.07 Å². The number of halogens is 1. The van der Waals surface area contributed by atoms with E-state index in [0.717, 1.165) is 18.0 Å². The maximum Gasteiger partial charge on any atom is 0.169 e. The van der Waals surface area contributed by atoms with Gasteiger partial charge in [-0.3, -0.25) is 0 Å². The van der Waals surface area contributed by atoms with Crippen LogP contribution in [0.2, 0.25) is 5.02 Å². The molecular formula is C12H14ClN3S. The van der Waals surface area contributed by atoms with Crippen molar-refractivity contribution in [2.75, 3.05) is 20.1 Å². The third-order valence-electron chi connectivity index (χ3n) is 2.26. The molecule has 1 N–H and O–H groups in total. The number of nitriles is 1. The Morgan fingerprint density at radius 1 is 1.47 bits per heavy atom. The van der Waals surface area contributed by atoms with Crippen LogP contribution in [0.15, 0.2) is 24.3 Å².